The van der Waals surface area contributed by atoms with Gasteiger partial charge in [-0.15, -0.1) is 0 Å². The maximum absolute atomic E-state index is 11.9. The second-order valence-corrected chi connectivity index (χ2v) is 5.10. The Balaban J connectivity index is 2.21. The zero-order valence-corrected chi connectivity index (χ0v) is 13.1. The molecule has 0 aliphatic heterocycles. The lowest BCUT2D eigenvalue weighted by Crippen LogP contribution is -2.12. The quantitative estimate of drug-likeness (QED) is 0.629. The van der Waals surface area contributed by atoms with Gasteiger partial charge in [0, 0.05) is 26.0 Å². The van der Waals surface area contributed by atoms with Crippen molar-refractivity contribution in [1.29, 1.82) is 0 Å². The van der Waals surface area contributed by atoms with E-state index in [9.17, 15) is 4.79 Å². The largest absolute Gasteiger partial charge is 0.467 e. The molecule has 0 bridgehead atoms. The van der Waals surface area contributed by atoms with Gasteiger partial charge in [0.05, 0.1) is 7.11 Å². The molecule has 0 spiro atoms. The molecule has 4 nitrogen and oxygen atoms in total. The van der Waals surface area contributed by atoms with E-state index in [0.717, 1.165) is 16.8 Å². The highest BCUT2D eigenvalue weighted by atomic mass is 16.5. The fraction of sp³-hybridized carbons (Fsp3) is 0.222. The Kier molecular flexibility index (Phi) is 5.31. The van der Waals surface area contributed by atoms with Crippen LogP contribution in [0.5, 0.6) is 0 Å². The van der Waals surface area contributed by atoms with Crippen LogP contribution in [0.2, 0.25) is 0 Å². The van der Waals surface area contributed by atoms with Crippen LogP contribution in [0.15, 0.2) is 59.6 Å². The number of carbonyl (C=O) groups excluding carboxylic acids is 1. The summed E-state index contributed by atoms with van der Waals surface area (Å²) >= 11 is 0. The van der Waals surface area contributed by atoms with Crippen molar-refractivity contribution in [2.24, 2.45) is 4.99 Å². The lowest BCUT2D eigenvalue weighted by atomic mass is 10.1. The number of carbonyl (C=O) groups is 1. The van der Waals surface area contributed by atoms with Crippen molar-refractivity contribution in [3.63, 3.8) is 0 Å². The number of benzene rings is 2. The van der Waals surface area contributed by atoms with E-state index in [0.29, 0.717) is 0 Å². The molecule has 0 amide bonds. The van der Waals surface area contributed by atoms with Gasteiger partial charge in [-0.3, -0.25) is 4.99 Å². The van der Waals surface area contributed by atoms with Crippen LogP contribution < -0.4 is 4.90 Å². The number of aliphatic imine (C=N–C) groups is 1. The van der Waals surface area contributed by atoms with Crippen LogP contribution in [0.25, 0.3) is 0 Å². The second-order valence-electron chi connectivity index (χ2n) is 5.10. The van der Waals surface area contributed by atoms with Gasteiger partial charge in [-0.05, 0) is 23.3 Å². The zero-order valence-electron chi connectivity index (χ0n) is 13.1. The normalized spacial score (nSPS) is 12.1. The number of hydrogen-bond donors (Lipinski definition) is 0. The molecule has 2 rings (SSSR count). The molecule has 0 heterocycles. The summed E-state index contributed by atoms with van der Waals surface area (Å²) in [6.45, 7) is 0. The Morgan fingerprint density at radius 3 is 2.27 bits per heavy atom. The lowest BCUT2D eigenvalue weighted by Gasteiger charge is -2.12. The molecule has 4 heteroatoms. The van der Waals surface area contributed by atoms with Gasteiger partial charge >= 0.3 is 5.97 Å². The summed E-state index contributed by atoms with van der Waals surface area (Å²) in [7, 11) is 5.36. The molecule has 1 atom stereocenters. The fourth-order valence-electron chi connectivity index (χ4n) is 2.05. The smallest absolute Gasteiger partial charge is 0.335 e. The third kappa shape index (κ3) is 3.95. The summed E-state index contributed by atoms with van der Waals surface area (Å²) in [6, 6.07) is 16.7. The predicted octanol–water partition coefficient (Wildman–Crippen LogP) is 3.09. The number of hydrogen-bond acceptors (Lipinski definition) is 4. The van der Waals surface area contributed by atoms with E-state index in [-0.39, 0.29) is 5.97 Å². The molecule has 2 aromatic rings. The van der Waals surface area contributed by atoms with Crippen molar-refractivity contribution in [1.82, 2.24) is 0 Å². The van der Waals surface area contributed by atoms with E-state index in [1.165, 1.54) is 7.11 Å². The van der Waals surface area contributed by atoms with Crippen LogP contribution in [0, 0.1) is 0 Å². The molecule has 0 fully saturated rings. The minimum atomic E-state index is -0.639. The van der Waals surface area contributed by atoms with Crippen molar-refractivity contribution >= 4 is 17.9 Å². The van der Waals surface area contributed by atoms with Crippen molar-refractivity contribution in [3.05, 3.63) is 65.7 Å². The Morgan fingerprint density at radius 1 is 1.09 bits per heavy atom. The molecular formula is C18H20N2O2. The molecule has 0 aliphatic rings. The predicted molar refractivity (Wildman–Crippen MR) is 89.6 cm³/mol. The second kappa shape index (κ2) is 7.41. The number of nitrogens with zero attached hydrogens (tertiary/aromatic N) is 2. The Bertz CT molecular complexity index is 634. The Labute approximate surface area is 131 Å². The molecule has 0 N–H and O–H groups in total. The first-order chi connectivity index (χ1) is 10.6. The summed E-state index contributed by atoms with van der Waals surface area (Å²) in [5.41, 5.74) is 2.87. The first-order valence-electron chi connectivity index (χ1n) is 7.05. The molecule has 0 saturated carbocycles. The van der Waals surface area contributed by atoms with Crippen LogP contribution in [-0.2, 0) is 9.53 Å². The standard InChI is InChI=1S/C18H20N2O2/c1-20(2)16-11-9-14(10-12-16)13-19-17(18(21)22-3)15-7-5-4-6-8-15/h4-13,17H,1-3H3. The van der Waals surface area contributed by atoms with Gasteiger partial charge in [0.25, 0.3) is 0 Å². The lowest BCUT2D eigenvalue weighted by molar-refractivity contribution is -0.142. The average Bonchev–Trinajstić information content (AvgIpc) is 2.56. The maximum Gasteiger partial charge on any atom is 0.335 e. The third-order valence-corrected chi connectivity index (χ3v) is 3.32. The highest BCUT2D eigenvalue weighted by molar-refractivity contribution is 5.85. The van der Waals surface area contributed by atoms with Gasteiger partial charge < -0.3 is 9.64 Å². The summed E-state index contributed by atoms with van der Waals surface area (Å²) < 4.78 is 4.85. The molecule has 0 saturated heterocycles. The minimum Gasteiger partial charge on any atom is -0.467 e. The van der Waals surface area contributed by atoms with Crippen LogP contribution in [-0.4, -0.2) is 33.4 Å². The summed E-state index contributed by atoms with van der Waals surface area (Å²) in [5.74, 6) is -0.368. The van der Waals surface area contributed by atoms with E-state index in [4.69, 9.17) is 4.74 Å². The first-order valence-corrected chi connectivity index (χ1v) is 7.05. The van der Waals surface area contributed by atoms with E-state index in [1.807, 2.05) is 73.6 Å². The van der Waals surface area contributed by atoms with Crippen LogP contribution in [0.4, 0.5) is 5.69 Å². The van der Waals surface area contributed by atoms with Crippen LogP contribution >= 0.6 is 0 Å². The van der Waals surface area contributed by atoms with Gasteiger partial charge in [-0.2, -0.15) is 0 Å². The molecule has 0 radical (unpaired) electrons. The number of ether oxygens (including phenoxy) is 1. The molecule has 0 aromatic heterocycles. The summed E-state index contributed by atoms with van der Waals surface area (Å²) in [4.78, 5) is 18.4. The Hall–Kier alpha value is -2.62. The third-order valence-electron chi connectivity index (χ3n) is 3.32. The fourth-order valence-corrected chi connectivity index (χ4v) is 2.05. The van der Waals surface area contributed by atoms with Crippen molar-refractivity contribution in [2.45, 2.75) is 6.04 Å². The SMILES string of the molecule is COC(=O)C(N=Cc1ccc(N(C)C)cc1)c1ccccc1. The molecular weight excluding hydrogens is 276 g/mol. The van der Waals surface area contributed by atoms with Crippen LogP contribution in [0.1, 0.15) is 17.2 Å². The molecule has 0 aliphatic carbocycles. The topological polar surface area (TPSA) is 41.9 Å². The minimum absolute atomic E-state index is 0.368. The van der Waals surface area contributed by atoms with E-state index in [2.05, 4.69) is 4.99 Å². The average molecular weight is 296 g/mol. The number of rotatable bonds is 5. The van der Waals surface area contributed by atoms with Crippen LogP contribution in [0.3, 0.4) is 0 Å². The van der Waals surface area contributed by atoms with Crippen molar-refractivity contribution in [2.75, 3.05) is 26.1 Å². The van der Waals surface area contributed by atoms with Gasteiger partial charge in [0.2, 0.25) is 0 Å². The Morgan fingerprint density at radius 2 is 1.73 bits per heavy atom. The monoisotopic (exact) mass is 296 g/mol. The van der Waals surface area contributed by atoms with Gasteiger partial charge in [-0.25, -0.2) is 4.79 Å². The van der Waals surface area contributed by atoms with E-state index >= 15 is 0 Å². The first kappa shape index (κ1) is 15.8. The van der Waals surface area contributed by atoms with Gasteiger partial charge in [0.15, 0.2) is 6.04 Å². The number of esters is 1. The zero-order chi connectivity index (χ0) is 15.9. The maximum atomic E-state index is 11.9. The highest BCUT2D eigenvalue weighted by Gasteiger charge is 2.19. The highest BCUT2D eigenvalue weighted by Crippen LogP contribution is 2.19. The number of anilines is 1. The molecule has 22 heavy (non-hydrogen) atoms. The molecule has 1 unspecified atom stereocenters. The van der Waals surface area contributed by atoms with Crippen molar-refractivity contribution in [3.8, 4) is 0 Å². The van der Waals surface area contributed by atoms with E-state index < -0.39 is 6.04 Å². The molecule has 2 aromatic carbocycles. The van der Waals surface area contributed by atoms with Gasteiger partial charge in [-0.1, -0.05) is 42.5 Å². The number of methoxy groups -OCH3 is 1. The van der Waals surface area contributed by atoms with Gasteiger partial charge in [0.1, 0.15) is 0 Å². The summed E-state index contributed by atoms with van der Waals surface area (Å²) in [6.07, 6.45) is 1.70. The summed E-state index contributed by atoms with van der Waals surface area (Å²) in [5, 5.41) is 0. The van der Waals surface area contributed by atoms with E-state index in [1.54, 1.807) is 6.21 Å². The van der Waals surface area contributed by atoms with Crippen molar-refractivity contribution < 1.29 is 9.53 Å². The molecule has 114 valence electrons.